The highest BCUT2D eigenvalue weighted by Crippen LogP contribution is 2.33. The summed E-state index contributed by atoms with van der Waals surface area (Å²) in [6.45, 7) is 5.27. The lowest BCUT2D eigenvalue weighted by atomic mass is 10.1. The molecular weight excluding hydrogens is 394 g/mol. The molecule has 0 saturated heterocycles. The molecule has 0 aliphatic carbocycles. The van der Waals surface area contributed by atoms with Crippen molar-refractivity contribution >= 4 is 23.4 Å². The number of hydrogen-bond donors (Lipinski definition) is 1. The van der Waals surface area contributed by atoms with Gasteiger partial charge in [0.05, 0.1) is 19.4 Å². The van der Waals surface area contributed by atoms with E-state index in [4.69, 9.17) is 9.47 Å². The Labute approximate surface area is 182 Å². The summed E-state index contributed by atoms with van der Waals surface area (Å²) in [7, 11) is 1.62. The van der Waals surface area contributed by atoms with Gasteiger partial charge in [-0.25, -0.2) is 0 Å². The van der Waals surface area contributed by atoms with Gasteiger partial charge in [0.1, 0.15) is 5.75 Å². The molecule has 1 amide bonds. The molecule has 3 aromatic carbocycles. The summed E-state index contributed by atoms with van der Waals surface area (Å²) in [5.41, 5.74) is 2.21. The van der Waals surface area contributed by atoms with Crippen LogP contribution in [0.25, 0.3) is 0 Å². The van der Waals surface area contributed by atoms with Crippen LogP contribution < -0.4 is 10.1 Å². The predicted molar refractivity (Wildman–Crippen MR) is 122 cm³/mol. The molecule has 0 aliphatic heterocycles. The zero-order chi connectivity index (χ0) is 21.3. The van der Waals surface area contributed by atoms with Crippen LogP contribution in [0.3, 0.4) is 0 Å². The van der Waals surface area contributed by atoms with Gasteiger partial charge in [0, 0.05) is 27.5 Å². The van der Waals surface area contributed by atoms with E-state index in [1.165, 1.54) is 0 Å². The smallest absolute Gasteiger partial charge is 0.255 e. The fourth-order valence-corrected chi connectivity index (χ4v) is 3.83. The van der Waals surface area contributed by atoms with Crippen molar-refractivity contribution in [3.8, 4) is 5.75 Å². The van der Waals surface area contributed by atoms with Crippen LogP contribution in [0, 0.1) is 5.92 Å². The number of anilines is 1. The molecule has 0 fully saturated rings. The maximum Gasteiger partial charge on any atom is 0.255 e. The number of benzene rings is 3. The highest BCUT2D eigenvalue weighted by molar-refractivity contribution is 7.99. The molecule has 0 spiro atoms. The summed E-state index contributed by atoms with van der Waals surface area (Å²) in [6.07, 6.45) is 0. The number of carbonyl (C=O) groups excluding carboxylic acids is 1. The molecule has 0 bridgehead atoms. The van der Waals surface area contributed by atoms with Gasteiger partial charge in [-0.15, -0.1) is 0 Å². The first-order valence-electron chi connectivity index (χ1n) is 9.94. The van der Waals surface area contributed by atoms with Crippen molar-refractivity contribution in [2.45, 2.75) is 30.2 Å². The number of rotatable bonds is 9. The van der Waals surface area contributed by atoms with Gasteiger partial charge in [0.15, 0.2) is 0 Å². The molecule has 0 aromatic heterocycles. The quantitative estimate of drug-likeness (QED) is 0.442. The Hall–Kier alpha value is -2.76. The van der Waals surface area contributed by atoms with Crippen molar-refractivity contribution in [3.05, 3.63) is 83.9 Å². The summed E-state index contributed by atoms with van der Waals surface area (Å²) < 4.78 is 11.2. The van der Waals surface area contributed by atoms with Gasteiger partial charge in [0.2, 0.25) is 0 Å². The third kappa shape index (κ3) is 6.12. The summed E-state index contributed by atoms with van der Waals surface area (Å²) in [5.74, 6) is 1.00. The minimum atomic E-state index is -0.163. The number of nitrogens with one attached hydrogen (secondary N) is 1. The number of methoxy groups -OCH3 is 1. The molecular formula is C25H27NO3S. The standard InChI is InChI=1S/C25H27NO3S/c1-18(2)16-29-17-20-15-19(13-14-23(20)28-3)25(27)26-22-11-7-8-12-24(22)30-21-9-5-4-6-10-21/h4-15,18H,16-17H2,1-3H3,(H,26,27). The summed E-state index contributed by atoms with van der Waals surface area (Å²) in [5, 5.41) is 3.04. The van der Waals surface area contributed by atoms with E-state index in [0.29, 0.717) is 24.7 Å². The highest BCUT2D eigenvalue weighted by Gasteiger charge is 2.13. The van der Waals surface area contributed by atoms with Gasteiger partial charge in [-0.2, -0.15) is 0 Å². The molecule has 0 saturated carbocycles. The zero-order valence-electron chi connectivity index (χ0n) is 17.6. The van der Waals surface area contributed by atoms with E-state index in [1.54, 1.807) is 24.9 Å². The van der Waals surface area contributed by atoms with Crippen LogP contribution in [0.1, 0.15) is 29.8 Å². The molecule has 3 aromatic rings. The van der Waals surface area contributed by atoms with E-state index in [2.05, 4.69) is 31.3 Å². The Morgan fingerprint density at radius 1 is 1.00 bits per heavy atom. The predicted octanol–water partition coefficient (Wildman–Crippen LogP) is 6.27. The molecule has 5 heteroatoms. The Kier molecular flexibility index (Phi) is 7.94. The number of hydrogen-bond acceptors (Lipinski definition) is 4. The molecule has 0 radical (unpaired) electrons. The fraction of sp³-hybridized carbons (Fsp3) is 0.240. The lowest BCUT2D eigenvalue weighted by Crippen LogP contribution is -2.13. The largest absolute Gasteiger partial charge is 0.496 e. The van der Waals surface area contributed by atoms with Crippen LogP contribution in [0.4, 0.5) is 5.69 Å². The van der Waals surface area contributed by atoms with E-state index in [-0.39, 0.29) is 5.91 Å². The molecule has 0 aliphatic rings. The summed E-state index contributed by atoms with van der Waals surface area (Å²) >= 11 is 1.62. The fourth-order valence-electron chi connectivity index (χ4n) is 2.91. The van der Waals surface area contributed by atoms with Crippen molar-refractivity contribution in [3.63, 3.8) is 0 Å². The lowest BCUT2D eigenvalue weighted by molar-refractivity contribution is 0.0952. The first-order valence-corrected chi connectivity index (χ1v) is 10.8. The van der Waals surface area contributed by atoms with Crippen LogP contribution in [-0.4, -0.2) is 19.6 Å². The molecule has 0 heterocycles. The van der Waals surface area contributed by atoms with Crippen LogP contribution in [0.2, 0.25) is 0 Å². The second kappa shape index (κ2) is 10.9. The van der Waals surface area contributed by atoms with E-state index < -0.39 is 0 Å². The Bertz CT molecular complexity index is 973. The van der Waals surface area contributed by atoms with Crippen molar-refractivity contribution < 1.29 is 14.3 Å². The topological polar surface area (TPSA) is 47.6 Å². The molecule has 156 valence electrons. The second-order valence-corrected chi connectivity index (χ2v) is 8.42. The molecule has 3 rings (SSSR count). The molecule has 0 atom stereocenters. The Morgan fingerprint density at radius 3 is 2.47 bits per heavy atom. The van der Waals surface area contributed by atoms with Crippen LogP contribution in [-0.2, 0) is 11.3 Å². The minimum Gasteiger partial charge on any atom is -0.496 e. The monoisotopic (exact) mass is 421 g/mol. The van der Waals surface area contributed by atoms with Gasteiger partial charge in [-0.05, 0) is 48.4 Å². The Balaban J connectivity index is 1.76. The number of amides is 1. The van der Waals surface area contributed by atoms with Gasteiger partial charge in [0.25, 0.3) is 5.91 Å². The summed E-state index contributed by atoms with van der Waals surface area (Å²) in [4.78, 5) is 15.1. The van der Waals surface area contributed by atoms with E-state index >= 15 is 0 Å². The number of para-hydroxylation sites is 1. The number of carbonyl (C=O) groups is 1. The molecule has 1 N–H and O–H groups in total. The van der Waals surface area contributed by atoms with E-state index in [0.717, 1.165) is 26.8 Å². The maximum absolute atomic E-state index is 13.0. The molecule has 30 heavy (non-hydrogen) atoms. The average molecular weight is 422 g/mol. The van der Waals surface area contributed by atoms with Crippen LogP contribution >= 0.6 is 11.8 Å². The lowest BCUT2D eigenvalue weighted by Gasteiger charge is -2.14. The normalized spacial score (nSPS) is 10.8. The minimum absolute atomic E-state index is 0.163. The van der Waals surface area contributed by atoms with Crippen LogP contribution in [0.15, 0.2) is 82.6 Å². The van der Waals surface area contributed by atoms with E-state index in [9.17, 15) is 4.79 Å². The van der Waals surface area contributed by atoms with Crippen molar-refractivity contribution in [1.82, 2.24) is 0 Å². The van der Waals surface area contributed by atoms with Gasteiger partial charge in [-0.1, -0.05) is 55.9 Å². The van der Waals surface area contributed by atoms with Crippen LogP contribution in [0.5, 0.6) is 5.75 Å². The van der Waals surface area contributed by atoms with Crippen molar-refractivity contribution in [1.29, 1.82) is 0 Å². The van der Waals surface area contributed by atoms with Crippen molar-refractivity contribution in [2.75, 3.05) is 19.0 Å². The van der Waals surface area contributed by atoms with Gasteiger partial charge < -0.3 is 14.8 Å². The zero-order valence-corrected chi connectivity index (χ0v) is 18.4. The average Bonchev–Trinajstić information content (AvgIpc) is 2.75. The SMILES string of the molecule is COc1ccc(C(=O)Nc2ccccc2Sc2ccccc2)cc1COCC(C)C. The maximum atomic E-state index is 13.0. The van der Waals surface area contributed by atoms with E-state index in [1.807, 2.05) is 54.6 Å². The molecule has 0 unspecified atom stereocenters. The third-order valence-corrected chi connectivity index (χ3v) is 5.44. The third-order valence-electron chi connectivity index (χ3n) is 4.36. The first kappa shape index (κ1) is 21.9. The van der Waals surface area contributed by atoms with Gasteiger partial charge in [-0.3, -0.25) is 4.79 Å². The first-order chi connectivity index (χ1) is 14.6. The molecule has 4 nitrogen and oxygen atoms in total. The summed E-state index contributed by atoms with van der Waals surface area (Å²) in [6, 6.07) is 23.3. The van der Waals surface area contributed by atoms with Crippen molar-refractivity contribution in [2.24, 2.45) is 5.92 Å². The second-order valence-electron chi connectivity index (χ2n) is 7.30. The van der Waals surface area contributed by atoms with Gasteiger partial charge >= 0.3 is 0 Å². The highest BCUT2D eigenvalue weighted by atomic mass is 32.2. The Morgan fingerprint density at radius 2 is 1.73 bits per heavy atom. The number of ether oxygens (including phenoxy) is 2.